The first-order valence-corrected chi connectivity index (χ1v) is 14.0. The zero-order valence-electron chi connectivity index (χ0n) is 18.2. The maximum Gasteiger partial charge on any atom is 2.00 e. The smallest absolute Gasteiger partial charge is 0.286 e. The molecule has 0 nitrogen and oxygen atoms in total. The second kappa shape index (κ2) is 12.4. The van der Waals surface area contributed by atoms with Gasteiger partial charge in [-0.05, 0) is 74.0 Å². The van der Waals surface area contributed by atoms with E-state index in [1.807, 2.05) is 0 Å². The van der Waals surface area contributed by atoms with Crippen molar-refractivity contribution in [3.63, 3.8) is 0 Å². The minimum atomic E-state index is -0.00386. The monoisotopic (exact) mass is 462 g/mol. The second-order valence-corrected chi connectivity index (χ2v) is 13.4. The molecule has 2 aliphatic carbocycles. The summed E-state index contributed by atoms with van der Waals surface area (Å²) in [5.41, 5.74) is 21.7. The number of hydrogen-bond donors (Lipinski definition) is 0. The van der Waals surface area contributed by atoms with Crippen LogP contribution in [0, 0.1) is 12.2 Å². The SMILES string of the molecule is CC[C@H]1CC[C@H](CC)P1C1=C=C=C=[C-]1.CC[C@H]1CC[C@H](CC)P1C1=C=C=C=[C-]1.[Fe+2]. The van der Waals surface area contributed by atoms with Crippen LogP contribution in [-0.2, 0) is 17.1 Å². The Bertz CT molecular complexity index is 749. The fourth-order valence-corrected chi connectivity index (χ4v) is 11.6. The normalized spacial score (nSPS) is 29.2. The summed E-state index contributed by atoms with van der Waals surface area (Å²) in [5.74, 6) is 0. The molecule has 0 aromatic rings. The zero-order chi connectivity index (χ0) is 19.9. The summed E-state index contributed by atoms with van der Waals surface area (Å²) in [4.78, 5) is 0. The molecule has 0 aromatic carbocycles. The Labute approximate surface area is 191 Å². The molecule has 0 saturated carbocycles. The first-order chi connectivity index (χ1) is 13.7. The molecule has 2 saturated heterocycles. The average molecular weight is 462 g/mol. The van der Waals surface area contributed by atoms with Crippen molar-refractivity contribution in [3.05, 3.63) is 57.2 Å². The van der Waals surface area contributed by atoms with Crippen molar-refractivity contribution < 1.29 is 17.1 Å². The van der Waals surface area contributed by atoms with Crippen molar-refractivity contribution in [3.8, 4) is 0 Å². The largest absolute Gasteiger partial charge is 2.00 e. The van der Waals surface area contributed by atoms with Gasteiger partial charge in [0.25, 0.3) is 0 Å². The third kappa shape index (κ3) is 5.82. The van der Waals surface area contributed by atoms with E-state index < -0.39 is 0 Å². The van der Waals surface area contributed by atoms with Gasteiger partial charge >= 0.3 is 17.1 Å². The van der Waals surface area contributed by atoms with Gasteiger partial charge in [-0.3, -0.25) is 22.9 Å². The number of rotatable bonds is 6. The molecule has 2 heterocycles. The summed E-state index contributed by atoms with van der Waals surface area (Å²) in [7, 11) is -0.00772. The average Bonchev–Trinajstić information content (AvgIpc) is 3.52. The van der Waals surface area contributed by atoms with Crippen molar-refractivity contribution in [2.75, 3.05) is 0 Å². The molecule has 2 aliphatic heterocycles. The fourth-order valence-electron chi connectivity index (χ4n) is 4.94. The quantitative estimate of drug-likeness (QED) is 0.163. The maximum absolute atomic E-state index is 3.20. The Hall–Kier alpha value is -0.461. The van der Waals surface area contributed by atoms with E-state index in [0.29, 0.717) is 0 Å². The van der Waals surface area contributed by atoms with Crippen LogP contribution in [0.3, 0.4) is 0 Å². The Balaban J connectivity index is 0.000000200. The van der Waals surface area contributed by atoms with Crippen molar-refractivity contribution in [1.29, 1.82) is 0 Å². The maximum atomic E-state index is 3.20. The molecule has 4 atom stereocenters. The molecule has 0 unspecified atom stereocenters. The summed E-state index contributed by atoms with van der Waals surface area (Å²) in [6.07, 6.45) is 17.3. The van der Waals surface area contributed by atoms with Crippen LogP contribution in [0.1, 0.15) is 79.1 Å². The van der Waals surface area contributed by atoms with Gasteiger partial charge in [-0.2, -0.15) is 0 Å². The van der Waals surface area contributed by atoms with Crippen LogP contribution in [0.25, 0.3) is 0 Å². The molecule has 0 spiro atoms. The van der Waals surface area contributed by atoms with Crippen LogP contribution in [0.4, 0.5) is 0 Å². The number of allylic oxidation sites excluding steroid dienone is 4. The molecule has 0 amide bonds. The zero-order valence-corrected chi connectivity index (χ0v) is 21.1. The molecule has 4 rings (SSSR count). The van der Waals surface area contributed by atoms with Crippen LogP contribution in [0.5, 0.6) is 0 Å². The van der Waals surface area contributed by atoms with E-state index in [4.69, 9.17) is 0 Å². The standard InChI is InChI=1S/2C13H16P.Fe/c2*1-3-11-9-10-12(4-2)14(11)13-7-5-6-8-13;/h2*11-12H,3-4,9-10H2,1-2H3;/q2*-1;+2/t2*11-,12-;/m00./s1. The molecule has 2 fully saturated rings. The molecule has 154 valence electrons. The van der Waals surface area contributed by atoms with Gasteiger partial charge in [0, 0.05) is 0 Å². The van der Waals surface area contributed by atoms with Crippen LogP contribution >= 0.6 is 15.8 Å². The predicted molar refractivity (Wildman–Crippen MR) is 123 cm³/mol. The van der Waals surface area contributed by atoms with Gasteiger partial charge in [0.15, 0.2) is 0 Å². The van der Waals surface area contributed by atoms with E-state index in [1.54, 1.807) is 0 Å². The van der Waals surface area contributed by atoms with Crippen molar-refractivity contribution in [1.82, 2.24) is 0 Å². The molecule has 3 heteroatoms. The summed E-state index contributed by atoms with van der Waals surface area (Å²) in [5, 5.41) is 2.60. The molecule has 4 aliphatic rings. The Morgan fingerprint density at radius 3 is 1.17 bits per heavy atom. The van der Waals surface area contributed by atoms with Gasteiger partial charge in [0.2, 0.25) is 0 Å². The Morgan fingerprint density at radius 1 is 0.655 bits per heavy atom. The molecule has 0 bridgehead atoms. The summed E-state index contributed by atoms with van der Waals surface area (Å²) < 4.78 is 0. The Kier molecular flexibility index (Phi) is 10.6. The van der Waals surface area contributed by atoms with Crippen molar-refractivity contribution in [2.45, 2.75) is 102 Å². The van der Waals surface area contributed by atoms with E-state index in [9.17, 15) is 0 Å². The van der Waals surface area contributed by atoms with E-state index >= 15 is 0 Å². The van der Waals surface area contributed by atoms with Gasteiger partial charge in [0.05, 0.1) is 0 Å². The first kappa shape index (κ1) is 24.8. The van der Waals surface area contributed by atoms with Gasteiger partial charge in [-0.15, -0.1) is 22.8 Å². The number of hydrogen-bond acceptors (Lipinski definition) is 0. The molecular formula is C26H32FeP2. The van der Waals surface area contributed by atoms with E-state index in [2.05, 4.69) is 74.2 Å². The third-order valence-electron chi connectivity index (χ3n) is 6.49. The summed E-state index contributed by atoms with van der Waals surface area (Å²) in [6, 6.07) is 0. The molecule has 0 aromatic heterocycles. The topological polar surface area (TPSA) is 0 Å². The molecular weight excluding hydrogens is 430 g/mol. The summed E-state index contributed by atoms with van der Waals surface area (Å²) >= 11 is 0. The predicted octanol–water partition coefficient (Wildman–Crippen LogP) is 7.97. The van der Waals surface area contributed by atoms with E-state index in [0.717, 1.165) is 22.6 Å². The van der Waals surface area contributed by atoms with Gasteiger partial charge in [0.1, 0.15) is 0 Å². The van der Waals surface area contributed by atoms with Crippen molar-refractivity contribution >= 4 is 15.8 Å². The fraction of sp³-hybridized carbons (Fsp3) is 0.615. The minimum absolute atomic E-state index is 0. The van der Waals surface area contributed by atoms with E-state index in [-0.39, 0.29) is 32.9 Å². The van der Waals surface area contributed by atoms with Crippen LogP contribution in [0.2, 0.25) is 0 Å². The molecule has 29 heavy (non-hydrogen) atoms. The van der Waals surface area contributed by atoms with Crippen molar-refractivity contribution in [2.24, 2.45) is 0 Å². The molecule has 0 radical (unpaired) electrons. The second-order valence-electron chi connectivity index (χ2n) is 7.91. The van der Waals surface area contributed by atoms with Gasteiger partial charge < -0.3 is 0 Å². The van der Waals surface area contributed by atoms with Crippen LogP contribution in [-0.4, -0.2) is 22.6 Å². The van der Waals surface area contributed by atoms with Crippen LogP contribution < -0.4 is 0 Å². The molecule has 0 N–H and O–H groups in total. The Morgan fingerprint density at radius 2 is 0.966 bits per heavy atom. The van der Waals surface area contributed by atoms with Gasteiger partial charge in [-0.1, -0.05) is 43.5 Å². The van der Waals surface area contributed by atoms with E-state index in [1.165, 1.54) is 62.0 Å². The van der Waals surface area contributed by atoms with Crippen LogP contribution in [0.15, 0.2) is 45.0 Å². The third-order valence-corrected chi connectivity index (χ3v) is 13.6. The summed E-state index contributed by atoms with van der Waals surface area (Å²) in [6.45, 7) is 9.26. The minimum Gasteiger partial charge on any atom is -0.286 e. The first-order valence-electron chi connectivity index (χ1n) is 11.1. The van der Waals surface area contributed by atoms with Gasteiger partial charge in [-0.25, -0.2) is 11.5 Å².